The van der Waals surface area contributed by atoms with Crippen molar-refractivity contribution in [1.29, 1.82) is 0 Å². The van der Waals surface area contributed by atoms with Crippen LogP contribution in [0.1, 0.15) is 87.5 Å². The van der Waals surface area contributed by atoms with Crippen molar-refractivity contribution >= 4 is 0 Å². The van der Waals surface area contributed by atoms with E-state index in [2.05, 4.69) is 137 Å². The second-order valence-electron chi connectivity index (χ2n) is 12.6. The molecule has 44 heavy (non-hydrogen) atoms. The highest BCUT2D eigenvalue weighted by molar-refractivity contribution is 5.82. The third kappa shape index (κ3) is 7.78. The first-order valence-electron chi connectivity index (χ1n) is 17.1. The second kappa shape index (κ2) is 15.7. The molecule has 0 aliphatic carbocycles. The fraction of sp³-hybridized carbons (Fsp3) is 0.318. The lowest BCUT2D eigenvalue weighted by Crippen LogP contribution is -2.00. The van der Waals surface area contributed by atoms with E-state index in [4.69, 9.17) is 0 Å². The summed E-state index contributed by atoms with van der Waals surface area (Å²) in [6.07, 6.45) is 12.5. The van der Waals surface area contributed by atoms with Crippen molar-refractivity contribution in [3.05, 3.63) is 131 Å². The summed E-state index contributed by atoms with van der Waals surface area (Å²) in [5, 5.41) is 0. The van der Waals surface area contributed by atoms with Gasteiger partial charge in [-0.2, -0.15) is 0 Å². The molecule has 0 unspecified atom stereocenters. The molecule has 0 heterocycles. The summed E-state index contributed by atoms with van der Waals surface area (Å²) in [4.78, 5) is 0. The molecule has 0 N–H and O–H groups in total. The molecule has 0 spiro atoms. The predicted molar refractivity (Wildman–Crippen MR) is 193 cm³/mol. The Morgan fingerprint density at radius 2 is 0.773 bits per heavy atom. The molecule has 0 amide bonds. The molecule has 0 aliphatic rings. The fourth-order valence-corrected chi connectivity index (χ4v) is 6.64. The molecule has 5 rings (SSSR count). The van der Waals surface area contributed by atoms with Gasteiger partial charge in [-0.15, -0.1) is 0 Å². The van der Waals surface area contributed by atoms with E-state index in [0.29, 0.717) is 0 Å². The van der Waals surface area contributed by atoms with Gasteiger partial charge < -0.3 is 0 Å². The topological polar surface area (TPSA) is 0 Å². The van der Waals surface area contributed by atoms with Crippen LogP contribution in [0.3, 0.4) is 0 Å². The summed E-state index contributed by atoms with van der Waals surface area (Å²) in [5.74, 6) is 0. The largest absolute Gasteiger partial charge is 0.0654 e. The van der Waals surface area contributed by atoms with Crippen molar-refractivity contribution in [2.45, 2.75) is 91.9 Å². The van der Waals surface area contributed by atoms with E-state index in [1.807, 2.05) is 0 Å². The Bertz CT molecular complexity index is 1500. The monoisotopic (exact) mass is 578 g/mol. The van der Waals surface area contributed by atoms with Crippen LogP contribution >= 0.6 is 0 Å². The van der Waals surface area contributed by atoms with Crippen LogP contribution in [0, 0.1) is 13.8 Å². The lowest BCUT2D eigenvalue weighted by molar-refractivity contribution is 0.664. The molecule has 0 bridgehead atoms. The van der Waals surface area contributed by atoms with E-state index in [-0.39, 0.29) is 0 Å². The van der Waals surface area contributed by atoms with Crippen LogP contribution in [0.2, 0.25) is 0 Å². The summed E-state index contributed by atoms with van der Waals surface area (Å²) in [7, 11) is 0. The Kier molecular flexibility index (Phi) is 11.3. The van der Waals surface area contributed by atoms with Gasteiger partial charge in [0.1, 0.15) is 0 Å². The summed E-state index contributed by atoms with van der Waals surface area (Å²) >= 11 is 0. The Labute approximate surface area is 267 Å². The maximum Gasteiger partial charge on any atom is -0.0146 e. The van der Waals surface area contributed by atoms with Crippen molar-refractivity contribution in [2.24, 2.45) is 0 Å². The van der Waals surface area contributed by atoms with Crippen LogP contribution < -0.4 is 0 Å². The minimum Gasteiger partial charge on any atom is -0.0654 e. The second-order valence-corrected chi connectivity index (χ2v) is 12.6. The Morgan fingerprint density at radius 1 is 0.364 bits per heavy atom. The van der Waals surface area contributed by atoms with Crippen LogP contribution in [0.15, 0.2) is 109 Å². The maximum atomic E-state index is 2.57. The highest BCUT2D eigenvalue weighted by Gasteiger charge is 2.17. The van der Waals surface area contributed by atoms with E-state index in [9.17, 15) is 0 Å². The van der Waals surface area contributed by atoms with Gasteiger partial charge >= 0.3 is 0 Å². The van der Waals surface area contributed by atoms with E-state index in [1.54, 1.807) is 0 Å². The van der Waals surface area contributed by atoms with Crippen molar-refractivity contribution in [3.63, 3.8) is 0 Å². The number of rotatable bonds is 14. The molecular weight excluding hydrogens is 528 g/mol. The Morgan fingerprint density at radius 3 is 1.14 bits per heavy atom. The standard InChI is InChI=1S/C44H50/c1-5-7-9-13-23-39-31-44(42-28-26-38(30-34(42)4)36-21-17-12-18-22-36)40(24-14-10-8-6-2)32-43(39)41-27-25-37(29-33(41)3)35-19-15-11-16-20-35/h11-12,15-22,25-32H,5-10,13-14,23-24H2,1-4H3. The van der Waals surface area contributed by atoms with Gasteiger partial charge in [-0.25, -0.2) is 0 Å². The first kappa shape index (κ1) is 31.5. The molecule has 0 atom stereocenters. The molecule has 0 radical (unpaired) electrons. The smallest absolute Gasteiger partial charge is 0.0146 e. The summed E-state index contributed by atoms with van der Waals surface area (Å²) in [5.41, 5.74) is 16.5. The molecule has 226 valence electrons. The van der Waals surface area contributed by atoms with Crippen molar-refractivity contribution in [3.8, 4) is 44.5 Å². The highest BCUT2D eigenvalue weighted by atomic mass is 14.2. The number of hydrogen-bond acceptors (Lipinski definition) is 0. The van der Waals surface area contributed by atoms with Crippen molar-refractivity contribution in [2.75, 3.05) is 0 Å². The maximum absolute atomic E-state index is 2.57. The molecule has 5 aromatic rings. The lowest BCUT2D eigenvalue weighted by Gasteiger charge is -2.21. The average molecular weight is 579 g/mol. The molecule has 0 aromatic heterocycles. The van der Waals surface area contributed by atoms with E-state index < -0.39 is 0 Å². The number of unbranched alkanes of at least 4 members (excludes halogenated alkanes) is 6. The molecular formula is C44H50. The van der Waals surface area contributed by atoms with Crippen molar-refractivity contribution in [1.82, 2.24) is 0 Å². The average Bonchev–Trinajstić information content (AvgIpc) is 3.06. The van der Waals surface area contributed by atoms with Crippen LogP contribution in [0.4, 0.5) is 0 Å². The molecule has 0 saturated heterocycles. The zero-order valence-corrected chi connectivity index (χ0v) is 27.5. The van der Waals surface area contributed by atoms with Crippen LogP contribution in [-0.2, 0) is 12.8 Å². The SMILES string of the molecule is CCCCCCc1cc(-c2ccc(-c3ccccc3)cc2C)c(CCCCCC)cc1-c1ccc(-c2ccccc2)cc1C. The molecule has 0 fully saturated rings. The predicted octanol–water partition coefficient (Wildman–Crippen LogP) is 13.2. The van der Waals surface area contributed by atoms with Gasteiger partial charge in [0.05, 0.1) is 0 Å². The summed E-state index contributed by atoms with van der Waals surface area (Å²) in [6.45, 7) is 9.20. The van der Waals surface area contributed by atoms with E-state index >= 15 is 0 Å². The lowest BCUT2D eigenvalue weighted by atomic mass is 9.84. The van der Waals surface area contributed by atoms with Gasteiger partial charge in [-0.05, 0) is 106 Å². The fourth-order valence-electron chi connectivity index (χ4n) is 6.64. The minimum absolute atomic E-state index is 1.12. The first-order valence-corrected chi connectivity index (χ1v) is 17.1. The number of aryl methyl sites for hydroxylation is 4. The highest BCUT2D eigenvalue weighted by Crippen LogP contribution is 2.39. The quantitative estimate of drug-likeness (QED) is 0.115. The zero-order chi connectivity index (χ0) is 30.7. The van der Waals surface area contributed by atoms with Gasteiger partial charge in [0.2, 0.25) is 0 Å². The number of hydrogen-bond donors (Lipinski definition) is 0. The molecule has 0 nitrogen and oxygen atoms in total. The van der Waals surface area contributed by atoms with Gasteiger partial charge in [0.15, 0.2) is 0 Å². The normalized spacial score (nSPS) is 11.2. The summed E-state index contributed by atoms with van der Waals surface area (Å²) < 4.78 is 0. The molecule has 0 saturated carbocycles. The third-order valence-corrected chi connectivity index (χ3v) is 9.18. The van der Waals surface area contributed by atoms with E-state index in [0.717, 1.165) is 12.8 Å². The van der Waals surface area contributed by atoms with Crippen LogP contribution in [-0.4, -0.2) is 0 Å². The Hall–Kier alpha value is -3.90. The summed E-state index contributed by atoms with van der Waals surface area (Å²) in [6, 6.07) is 40.9. The van der Waals surface area contributed by atoms with E-state index in [1.165, 1.54) is 118 Å². The minimum atomic E-state index is 1.12. The Balaban J connectivity index is 1.60. The van der Waals surface area contributed by atoms with Gasteiger partial charge in [0.25, 0.3) is 0 Å². The van der Waals surface area contributed by atoms with Crippen molar-refractivity contribution < 1.29 is 0 Å². The van der Waals surface area contributed by atoms with Crippen LogP contribution in [0.5, 0.6) is 0 Å². The number of benzene rings is 5. The molecule has 0 aliphatic heterocycles. The van der Waals surface area contributed by atoms with Gasteiger partial charge in [0, 0.05) is 0 Å². The van der Waals surface area contributed by atoms with Gasteiger partial charge in [-0.3, -0.25) is 0 Å². The third-order valence-electron chi connectivity index (χ3n) is 9.18. The van der Waals surface area contributed by atoms with Gasteiger partial charge in [-0.1, -0.05) is 162 Å². The molecule has 0 heteroatoms. The van der Waals surface area contributed by atoms with Crippen LogP contribution in [0.25, 0.3) is 44.5 Å². The first-order chi connectivity index (χ1) is 21.6. The zero-order valence-electron chi connectivity index (χ0n) is 27.5. The molecule has 5 aromatic carbocycles.